The summed E-state index contributed by atoms with van der Waals surface area (Å²) in [5.74, 6) is -0.875. The Morgan fingerprint density at radius 1 is 1.40 bits per heavy atom. The molecule has 0 aliphatic carbocycles. The van der Waals surface area contributed by atoms with Gasteiger partial charge in [-0.1, -0.05) is 12.1 Å². The van der Waals surface area contributed by atoms with Crippen LogP contribution in [0.2, 0.25) is 0 Å². The van der Waals surface area contributed by atoms with Gasteiger partial charge in [0.2, 0.25) is 0 Å². The molecule has 0 bridgehead atoms. The minimum atomic E-state index is -0.875. The van der Waals surface area contributed by atoms with E-state index in [4.69, 9.17) is 5.11 Å². The number of rotatable bonds is 6. The maximum absolute atomic E-state index is 10.2. The van der Waals surface area contributed by atoms with E-state index in [1.807, 2.05) is 18.2 Å². The molecule has 3 heteroatoms. The van der Waals surface area contributed by atoms with Crippen molar-refractivity contribution in [1.29, 1.82) is 0 Å². The molecule has 0 saturated carbocycles. The lowest BCUT2D eigenvalue weighted by atomic mass is 10.1. The third kappa shape index (κ3) is 5.62. The molecule has 3 nitrogen and oxygen atoms in total. The van der Waals surface area contributed by atoms with E-state index >= 15 is 0 Å². The lowest BCUT2D eigenvalue weighted by Gasteiger charge is -1.97. The average molecular weight is 205 g/mol. The normalized spacial score (nSPS) is 10.7. The highest BCUT2D eigenvalue weighted by molar-refractivity contribution is 5.79. The fourth-order valence-electron chi connectivity index (χ4n) is 1.30. The van der Waals surface area contributed by atoms with Crippen molar-refractivity contribution in [3.8, 4) is 0 Å². The number of hydrogen-bond acceptors (Lipinski definition) is 2. The number of unbranched alkanes of at least 4 members (excludes halogenated alkanes) is 2. The molecule has 0 radical (unpaired) electrons. The van der Waals surface area contributed by atoms with Gasteiger partial charge in [-0.15, -0.1) is 0 Å². The number of pyridine rings is 1. The smallest absolute Gasteiger partial charge is 0.327 e. The Hall–Kier alpha value is -1.64. The number of allylic oxidation sites excluding steroid dienone is 1. The topological polar surface area (TPSA) is 50.2 Å². The Morgan fingerprint density at radius 3 is 2.93 bits per heavy atom. The molecule has 1 rings (SSSR count). The maximum Gasteiger partial charge on any atom is 0.327 e. The summed E-state index contributed by atoms with van der Waals surface area (Å²) in [4.78, 5) is 14.4. The van der Waals surface area contributed by atoms with Crippen LogP contribution in [0.3, 0.4) is 0 Å². The van der Waals surface area contributed by atoms with Gasteiger partial charge in [0.25, 0.3) is 0 Å². The van der Waals surface area contributed by atoms with Crippen molar-refractivity contribution >= 4 is 5.97 Å². The second-order valence-corrected chi connectivity index (χ2v) is 3.31. The SMILES string of the molecule is O=C(O)/C=C/CCCCc1ccccn1. The molecular formula is C12H15NO2. The molecular weight excluding hydrogens is 190 g/mol. The van der Waals surface area contributed by atoms with Crippen molar-refractivity contribution < 1.29 is 9.90 Å². The standard InChI is InChI=1S/C12H15NO2/c14-12(15)9-4-2-1-3-7-11-8-5-6-10-13-11/h4-6,8-10H,1-3,7H2,(H,14,15)/b9-4+. The summed E-state index contributed by atoms with van der Waals surface area (Å²) in [6.45, 7) is 0. The van der Waals surface area contributed by atoms with E-state index in [2.05, 4.69) is 4.98 Å². The molecule has 1 aromatic heterocycles. The first kappa shape index (κ1) is 11.4. The van der Waals surface area contributed by atoms with Crippen molar-refractivity contribution in [2.45, 2.75) is 25.7 Å². The summed E-state index contributed by atoms with van der Waals surface area (Å²) in [6.07, 6.45) is 8.50. The number of aliphatic carboxylic acids is 1. The van der Waals surface area contributed by atoms with Gasteiger partial charge in [0.15, 0.2) is 0 Å². The highest BCUT2D eigenvalue weighted by Gasteiger charge is 1.92. The number of carboxylic acid groups (broad SMARTS) is 1. The number of carboxylic acids is 1. The molecule has 0 amide bonds. The van der Waals surface area contributed by atoms with Crippen LogP contribution >= 0.6 is 0 Å². The third-order valence-corrected chi connectivity index (χ3v) is 2.04. The molecule has 1 N–H and O–H groups in total. The van der Waals surface area contributed by atoms with Crippen molar-refractivity contribution in [2.24, 2.45) is 0 Å². The summed E-state index contributed by atoms with van der Waals surface area (Å²) in [5.41, 5.74) is 1.10. The van der Waals surface area contributed by atoms with E-state index in [1.165, 1.54) is 6.08 Å². The molecule has 0 atom stereocenters. The Balaban J connectivity index is 2.10. The quantitative estimate of drug-likeness (QED) is 0.573. The van der Waals surface area contributed by atoms with Crippen LogP contribution in [0.25, 0.3) is 0 Å². The first-order valence-electron chi connectivity index (χ1n) is 5.08. The van der Waals surface area contributed by atoms with E-state index in [0.29, 0.717) is 0 Å². The minimum absolute atomic E-state index is 0.819. The molecule has 15 heavy (non-hydrogen) atoms. The first-order valence-corrected chi connectivity index (χ1v) is 5.08. The molecule has 1 heterocycles. The van der Waals surface area contributed by atoms with Gasteiger partial charge in [0.1, 0.15) is 0 Å². The lowest BCUT2D eigenvalue weighted by molar-refractivity contribution is -0.131. The average Bonchev–Trinajstić information content (AvgIpc) is 2.24. The van der Waals surface area contributed by atoms with Gasteiger partial charge >= 0.3 is 5.97 Å². The van der Waals surface area contributed by atoms with Crippen LogP contribution < -0.4 is 0 Å². The predicted molar refractivity (Wildman–Crippen MR) is 58.6 cm³/mol. The number of carbonyl (C=O) groups is 1. The van der Waals surface area contributed by atoms with Gasteiger partial charge < -0.3 is 5.11 Å². The minimum Gasteiger partial charge on any atom is -0.478 e. The van der Waals surface area contributed by atoms with Gasteiger partial charge in [-0.3, -0.25) is 4.98 Å². The molecule has 0 aromatic carbocycles. The van der Waals surface area contributed by atoms with Crippen molar-refractivity contribution in [3.05, 3.63) is 42.2 Å². The van der Waals surface area contributed by atoms with Crippen LogP contribution in [0.4, 0.5) is 0 Å². The van der Waals surface area contributed by atoms with Gasteiger partial charge in [-0.25, -0.2) is 4.79 Å². The van der Waals surface area contributed by atoms with Crippen LogP contribution in [0.5, 0.6) is 0 Å². The fraction of sp³-hybridized carbons (Fsp3) is 0.333. The largest absolute Gasteiger partial charge is 0.478 e. The summed E-state index contributed by atoms with van der Waals surface area (Å²) < 4.78 is 0. The van der Waals surface area contributed by atoms with Crippen molar-refractivity contribution in [3.63, 3.8) is 0 Å². The van der Waals surface area contributed by atoms with Crippen LogP contribution in [0.1, 0.15) is 25.0 Å². The molecule has 0 spiro atoms. The van der Waals surface area contributed by atoms with E-state index in [-0.39, 0.29) is 0 Å². The first-order chi connectivity index (χ1) is 7.29. The van der Waals surface area contributed by atoms with Crippen LogP contribution in [-0.4, -0.2) is 16.1 Å². The van der Waals surface area contributed by atoms with Gasteiger partial charge in [-0.05, 0) is 37.8 Å². The fourth-order valence-corrected chi connectivity index (χ4v) is 1.30. The van der Waals surface area contributed by atoms with E-state index in [0.717, 1.165) is 31.4 Å². The number of aryl methyl sites for hydroxylation is 1. The zero-order valence-electron chi connectivity index (χ0n) is 8.60. The van der Waals surface area contributed by atoms with E-state index < -0.39 is 5.97 Å². The zero-order chi connectivity index (χ0) is 10.9. The summed E-state index contributed by atoms with van der Waals surface area (Å²) in [7, 11) is 0. The molecule has 0 aliphatic heterocycles. The van der Waals surface area contributed by atoms with Gasteiger partial charge in [0, 0.05) is 18.0 Å². The van der Waals surface area contributed by atoms with E-state index in [9.17, 15) is 4.79 Å². The Kier molecular flexibility index (Phi) is 5.15. The Bertz CT molecular complexity index is 320. The third-order valence-electron chi connectivity index (χ3n) is 2.04. The Morgan fingerprint density at radius 2 is 2.27 bits per heavy atom. The summed E-state index contributed by atoms with van der Waals surface area (Å²) in [6, 6.07) is 5.89. The summed E-state index contributed by atoms with van der Waals surface area (Å²) >= 11 is 0. The molecule has 80 valence electrons. The second kappa shape index (κ2) is 6.76. The predicted octanol–water partition coefficient (Wildman–Crippen LogP) is 2.44. The molecule has 1 aromatic rings. The number of aromatic nitrogens is 1. The zero-order valence-corrected chi connectivity index (χ0v) is 8.60. The van der Waals surface area contributed by atoms with Crippen LogP contribution in [0, 0.1) is 0 Å². The maximum atomic E-state index is 10.2. The lowest BCUT2D eigenvalue weighted by Crippen LogP contribution is -1.89. The van der Waals surface area contributed by atoms with Crippen LogP contribution in [-0.2, 0) is 11.2 Å². The Labute approximate surface area is 89.5 Å². The van der Waals surface area contributed by atoms with Gasteiger partial charge in [-0.2, -0.15) is 0 Å². The second-order valence-electron chi connectivity index (χ2n) is 3.31. The summed E-state index contributed by atoms with van der Waals surface area (Å²) in [5, 5.41) is 8.35. The van der Waals surface area contributed by atoms with Gasteiger partial charge in [0.05, 0.1) is 0 Å². The molecule has 0 fully saturated rings. The number of nitrogens with zero attached hydrogens (tertiary/aromatic N) is 1. The highest BCUT2D eigenvalue weighted by Crippen LogP contribution is 2.03. The molecule has 0 aliphatic rings. The van der Waals surface area contributed by atoms with Crippen LogP contribution in [0.15, 0.2) is 36.5 Å². The van der Waals surface area contributed by atoms with Crippen molar-refractivity contribution in [2.75, 3.05) is 0 Å². The highest BCUT2D eigenvalue weighted by atomic mass is 16.4. The number of hydrogen-bond donors (Lipinski definition) is 1. The molecule has 0 saturated heterocycles. The monoisotopic (exact) mass is 205 g/mol. The van der Waals surface area contributed by atoms with E-state index in [1.54, 1.807) is 12.3 Å². The molecule has 0 unspecified atom stereocenters. The van der Waals surface area contributed by atoms with Crippen molar-refractivity contribution in [1.82, 2.24) is 4.98 Å².